The molecule has 2 aromatic rings. The van der Waals surface area contributed by atoms with E-state index in [1.165, 1.54) is 0 Å². The fourth-order valence-corrected chi connectivity index (χ4v) is 3.38. The number of rotatable bonds is 6. The summed E-state index contributed by atoms with van der Waals surface area (Å²) in [6, 6.07) is 18.0. The molecule has 1 fully saturated rings. The first-order valence-electron chi connectivity index (χ1n) is 9.41. The van der Waals surface area contributed by atoms with Crippen LogP contribution in [-0.2, 0) is 4.79 Å². The Balaban J connectivity index is 1.56. The molecule has 1 aliphatic heterocycles. The Morgan fingerprint density at radius 1 is 0.962 bits per heavy atom. The second-order valence-electron chi connectivity index (χ2n) is 7.23. The minimum absolute atomic E-state index is 0.0667. The molecule has 4 nitrogen and oxygen atoms in total. The van der Waals surface area contributed by atoms with E-state index in [0.717, 1.165) is 49.6 Å². The zero-order valence-corrected chi connectivity index (χ0v) is 15.7. The van der Waals surface area contributed by atoms with E-state index in [1.54, 1.807) is 0 Å². The van der Waals surface area contributed by atoms with Crippen molar-refractivity contribution in [3.05, 3.63) is 54.6 Å². The van der Waals surface area contributed by atoms with E-state index < -0.39 is 0 Å². The third kappa shape index (κ3) is 4.85. The summed E-state index contributed by atoms with van der Waals surface area (Å²) in [6.07, 6.45) is 0. The standard InChI is InChI=1S/C22H28N2O2/c1-18(2)16-23-12-14-24(15-13-23)22(25)17-26-21-11-7-6-10-20(21)19-8-4-3-5-9-19/h3-11,18H,12-17H2,1-2H3. The lowest BCUT2D eigenvalue weighted by Crippen LogP contribution is -2.50. The summed E-state index contributed by atoms with van der Waals surface area (Å²) in [6.45, 7) is 9.13. The lowest BCUT2D eigenvalue weighted by Gasteiger charge is -2.35. The molecular weight excluding hydrogens is 324 g/mol. The maximum Gasteiger partial charge on any atom is 0.260 e. The van der Waals surface area contributed by atoms with Gasteiger partial charge in [0.25, 0.3) is 5.91 Å². The number of hydrogen-bond acceptors (Lipinski definition) is 3. The van der Waals surface area contributed by atoms with E-state index in [0.29, 0.717) is 5.92 Å². The van der Waals surface area contributed by atoms with Crippen molar-refractivity contribution in [2.24, 2.45) is 5.92 Å². The normalized spacial score (nSPS) is 15.3. The van der Waals surface area contributed by atoms with Crippen LogP contribution >= 0.6 is 0 Å². The van der Waals surface area contributed by atoms with E-state index in [4.69, 9.17) is 4.74 Å². The van der Waals surface area contributed by atoms with Crippen molar-refractivity contribution in [2.75, 3.05) is 39.3 Å². The Morgan fingerprint density at radius 2 is 1.62 bits per heavy atom. The van der Waals surface area contributed by atoms with Gasteiger partial charge in [0.2, 0.25) is 0 Å². The summed E-state index contributed by atoms with van der Waals surface area (Å²) in [7, 11) is 0. The number of carbonyl (C=O) groups excluding carboxylic acids is 1. The summed E-state index contributed by atoms with van der Waals surface area (Å²) in [5.74, 6) is 1.48. The van der Waals surface area contributed by atoms with Gasteiger partial charge in [-0.15, -0.1) is 0 Å². The van der Waals surface area contributed by atoms with Gasteiger partial charge in [-0.1, -0.05) is 62.4 Å². The molecule has 1 aliphatic rings. The SMILES string of the molecule is CC(C)CN1CCN(C(=O)COc2ccccc2-c2ccccc2)CC1. The summed E-state index contributed by atoms with van der Waals surface area (Å²) >= 11 is 0. The van der Waals surface area contributed by atoms with Gasteiger partial charge in [0.05, 0.1) is 0 Å². The summed E-state index contributed by atoms with van der Waals surface area (Å²) in [5.41, 5.74) is 2.11. The van der Waals surface area contributed by atoms with Gasteiger partial charge in [0, 0.05) is 38.3 Å². The average molecular weight is 352 g/mol. The maximum absolute atomic E-state index is 12.5. The van der Waals surface area contributed by atoms with Crippen LogP contribution in [0, 0.1) is 5.92 Å². The van der Waals surface area contributed by atoms with Gasteiger partial charge in [-0.3, -0.25) is 9.69 Å². The highest BCUT2D eigenvalue weighted by Crippen LogP contribution is 2.29. The van der Waals surface area contributed by atoms with Crippen molar-refractivity contribution in [1.82, 2.24) is 9.80 Å². The maximum atomic E-state index is 12.5. The second kappa shape index (κ2) is 8.86. The molecule has 4 heteroatoms. The minimum Gasteiger partial charge on any atom is -0.483 e. The van der Waals surface area contributed by atoms with Crippen molar-refractivity contribution in [3.63, 3.8) is 0 Å². The molecule has 1 heterocycles. The largest absolute Gasteiger partial charge is 0.483 e. The summed E-state index contributed by atoms with van der Waals surface area (Å²) < 4.78 is 5.89. The summed E-state index contributed by atoms with van der Waals surface area (Å²) in [4.78, 5) is 16.9. The van der Waals surface area contributed by atoms with Crippen LogP contribution in [0.4, 0.5) is 0 Å². The number of ether oxygens (including phenoxy) is 1. The number of amides is 1. The molecule has 1 saturated heterocycles. The van der Waals surface area contributed by atoms with Gasteiger partial charge in [-0.25, -0.2) is 0 Å². The van der Waals surface area contributed by atoms with Crippen LogP contribution in [-0.4, -0.2) is 55.0 Å². The van der Waals surface area contributed by atoms with Gasteiger partial charge < -0.3 is 9.64 Å². The molecule has 0 unspecified atom stereocenters. The first-order valence-corrected chi connectivity index (χ1v) is 9.41. The third-order valence-electron chi connectivity index (χ3n) is 4.67. The van der Waals surface area contributed by atoms with Gasteiger partial charge >= 0.3 is 0 Å². The van der Waals surface area contributed by atoms with E-state index >= 15 is 0 Å². The predicted molar refractivity (Wildman–Crippen MR) is 105 cm³/mol. The minimum atomic E-state index is 0.0667. The van der Waals surface area contributed by atoms with Crippen molar-refractivity contribution in [1.29, 1.82) is 0 Å². The molecule has 138 valence electrons. The zero-order valence-electron chi connectivity index (χ0n) is 15.7. The molecule has 26 heavy (non-hydrogen) atoms. The van der Waals surface area contributed by atoms with Crippen LogP contribution in [0.1, 0.15) is 13.8 Å². The van der Waals surface area contributed by atoms with Gasteiger partial charge in [-0.05, 0) is 17.5 Å². The highest BCUT2D eigenvalue weighted by atomic mass is 16.5. The molecule has 0 spiro atoms. The first-order chi connectivity index (χ1) is 12.6. The topological polar surface area (TPSA) is 32.8 Å². The van der Waals surface area contributed by atoms with Crippen molar-refractivity contribution < 1.29 is 9.53 Å². The van der Waals surface area contributed by atoms with Crippen molar-refractivity contribution >= 4 is 5.91 Å². The Morgan fingerprint density at radius 3 is 2.31 bits per heavy atom. The monoisotopic (exact) mass is 352 g/mol. The predicted octanol–water partition coefficient (Wildman–Crippen LogP) is 3.53. The summed E-state index contributed by atoms with van der Waals surface area (Å²) in [5, 5.41) is 0. The van der Waals surface area contributed by atoms with Crippen LogP contribution in [0.15, 0.2) is 54.6 Å². The lowest BCUT2D eigenvalue weighted by molar-refractivity contribution is -0.135. The number of hydrogen-bond donors (Lipinski definition) is 0. The Kier molecular flexibility index (Phi) is 6.29. The molecule has 1 amide bonds. The molecule has 0 atom stereocenters. The number of para-hydroxylation sites is 1. The zero-order chi connectivity index (χ0) is 18.4. The Hall–Kier alpha value is -2.33. The van der Waals surface area contributed by atoms with Crippen LogP contribution in [0.25, 0.3) is 11.1 Å². The van der Waals surface area contributed by atoms with E-state index in [1.807, 2.05) is 47.4 Å². The lowest BCUT2D eigenvalue weighted by atomic mass is 10.1. The van der Waals surface area contributed by atoms with Crippen LogP contribution in [0.5, 0.6) is 5.75 Å². The molecule has 3 rings (SSSR count). The molecule has 0 aliphatic carbocycles. The second-order valence-corrected chi connectivity index (χ2v) is 7.23. The quantitative estimate of drug-likeness (QED) is 0.797. The fraction of sp³-hybridized carbons (Fsp3) is 0.409. The number of benzene rings is 2. The van der Waals surface area contributed by atoms with Crippen molar-refractivity contribution in [2.45, 2.75) is 13.8 Å². The fourth-order valence-electron chi connectivity index (χ4n) is 3.38. The van der Waals surface area contributed by atoms with E-state index in [-0.39, 0.29) is 12.5 Å². The van der Waals surface area contributed by atoms with E-state index in [9.17, 15) is 4.79 Å². The van der Waals surface area contributed by atoms with Crippen LogP contribution in [0.2, 0.25) is 0 Å². The highest BCUT2D eigenvalue weighted by Gasteiger charge is 2.22. The van der Waals surface area contributed by atoms with Crippen LogP contribution in [0.3, 0.4) is 0 Å². The Labute approximate surface area is 156 Å². The Bertz CT molecular complexity index is 707. The molecule has 0 N–H and O–H groups in total. The number of carbonyl (C=O) groups is 1. The number of piperazine rings is 1. The molecule has 0 radical (unpaired) electrons. The van der Waals surface area contributed by atoms with Gasteiger partial charge in [0.1, 0.15) is 5.75 Å². The van der Waals surface area contributed by atoms with Crippen LogP contribution < -0.4 is 4.74 Å². The average Bonchev–Trinajstić information content (AvgIpc) is 2.67. The molecule has 0 aromatic heterocycles. The van der Waals surface area contributed by atoms with E-state index in [2.05, 4.69) is 30.9 Å². The van der Waals surface area contributed by atoms with Crippen molar-refractivity contribution in [3.8, 4) is 16.9 Å². The molecule has 0 bridgehead atoms. The molecule has 0 saturated carbocycles. The molecule has 2 aromatic carbocycles. The van der Waals surface area contributed by atoms with Gasteiger partial charge in [-0.2, -0.15) is 0 Å². The first kappa shape index (κ1) is 18.5. The molecular formula is C22H28N2O2. The van der Waals surface area contributed by atoms with Gasteiger partial charge in [0.15, 0.2) is 6.61 Å². The third-order valence-corrected chi connectivity index (χ3v) is 4.67. The highest BCUT2D eigenvalue weighted by molar-refractivity contribution is 5.78. The number of nitrogens with zero attached hydrogens (tertiary/aromatic N) is 2. The smallest absolute Gasteiger partial charge is 0.260 e.